The molecular weight excluding hydrogens is 372 g/mol. The van der Waals surface area contributed by atoms with Crippen LogP contribution in [0.4, 0.5) is 4.79 Å². The molecule has 3 fully saturated rings. The zero-order chi connectivity index (χ0) is 20.9. The Morgan fingerprint density at radius 1 is 1.07 bits per heavy atom. The number of hydrogen-bond acceptors (Lipinski definition) is 3. The maximum absolute atomic E-state index is 12.9. The van der Waals surface area contributed by atoms with E-state index < -0.39 is 0 Å². The Kier molecular flexibility index (Phi) is 4.85. The highest BCUT2D eigenvalue weighted by Gasteiger charge is 2.42. The van der Waals surface area contributed by atoms with E-state index in [9.17, 15) is 4.79 Å². The average Bonchev–Trinajstić information content (AvgIpc) is 2.98. The smallest absolute Gasteiger partial charge is 0.407 e. The molecule has 2 atom stereocenters. The number of benzene rings is 2. The molecule has 2 aromatic carbocycles. The number of aryl methyl sites for hydroxylation is 1. The molecule has 1 unspecified atom stereocenters. The summed E-state index contributed by atoms with van der Waals surface area (Å²) in [7, 11) is 0. The molecule has 1 aliphatic carbocycles. The van der Waals surface area contributed by atoms with Crippen LogP contribution in [0.2, 0.25) is 0 Å². The van der Waals surface area contributed by atoms with E-state index in [1.807, 2.05) is 0 Å². The number of alkyl carbamates (subject to hydrolysis) is 1. The summed E-state index contributed by atoms with van der Waals surface area (Å²) in [6.07, 6.45) is 3.03. The van der Waals surface area contributed by atoms with Crippen LogP contribution in [0.25, 0.3) is 11.1 Å². The number of hydrogen-bond donors (Lipinski definition) is 1. The SMILES string of the molecule is Cc1ccc(-c2ccc3c(c2)C(NC(=O)O[C@H]2CN4CCC2CC4)C(C)(C)C3)cc1. The molecule has 2 bridgehead atoms. The molecule has 1 amide bonds. The maximum atomic E-state index is 12.9. The standard InChI is InChI=1S/C26H32N2O2/c1-17-4-6-18(7-5-17)20-8-9-21-15-26(2,3)24(22(21)14-20)27-25(29)30-23-16-28-12-10-19(23)11-13-28/h4-9,14,19,23-24H,10-13,15-16H2,1-3H3,(H,27,29)/t23-,24?/m0/s1. The van der Waals surface area contributed by atoms with Crippen molar-refractivity contribution in [2.24, 2.45) is 11.3 Å². The predicted octanol–water partition coefficient (Wildman–Crippen LogP) is 5.11. The monoisotopic (exact) mass is 404 g/mol. The van der Waals surface area contributed by atoms with Gasteiger partial charge in [-0.25, -0.2) is 4.79 Å². The van der Waals surface area contributed by atoms with Crippen LogP contribution >= 0.6 is 0 Å². The molecule has 3 saturated heterocycles. The van der Waals surface area contributed by atoms with E-state index in [2.05, 4.69) is 73.5 Å². The third kappa shape index (κ3) is 3.62. The normalized spacial score (nSPS) is 28.8. The highest BCUT2D eigenvalue weighted by atomic mass is 16.6. The number of nitrogens with one attached hydrogen (secondary N) is 1. The van der Waals surface area contributed by atoms with Crippen LogP contribution in [0, 0.1) is 18.3 Å². The molecule has 0 spiro atoms. The van der Waals surface area contributed by atoms with E-state index >= 15 is 0 Å². The van der Waals surface area contributed by atoms with Gasteiger partial charge in [0.1, 0.15) is 6.10 Å². The summed E-state index contributed by atoms with van der Waals surface area (Å²) < 4.78 is 5.93. The summed E-state index contributed by atoms with van der Waals surface area (Å²) in [5.74, 6) is 0.526. The summed E-state index contributed by atoms with van der Waals surface area (Å²) in [4.78, 5) is 15.3. The van der Waals surface area contributed by atoms with Crippen molar-refractivity contribution in [1.82, 2.24) is 10.2 Å². The minimum Gasteiger partial charge on any atom is -0.445 e. The Bertz CT molecular complexity index is 942. The number of carbonyl (C=O) groups excluding carboxylic acids is 1. The van der Waals surface area contributed by atoms with Gasteiger partial charge in [-0.15, -0.1) is 0 Å². The number of ether oxygens (including phenoxy) is 1. The maximum Gasteiger partial charge on any atom is 0.407 e. The molecular formula is C26H32N2O2. The first-order valence-corrected chi connectivity index (χ1v) is 11.3. The molecule has 0 aromatic heterocycles. The van der Waals surface area contributed by atoms with Gasteiger partial charge in [-0.2, -0.15) is 0 Å². The lowest BCUT2D eigenvalue weighted by atomic mass is 9.85. The van der Waals surface area contributed by atoms with Crippen molar-refractivity contribution in [1.29, 1.82) is 0 Å². The Morgan fingerprint density at radius 2 is 1.77 bits per heavy atom. The van der Waals surface area contributed by atoms with E-state index in [0.717, 1.165) is 38.9 Å². The summed E-state index contributed by atoms with van der Waals surface area (Å²) in [6.45, 7) is 9.76. The first-order valence-electron chi connectivity index (χ1n) is 11.3. The second-order valence-corrected chi connectivity index (χ2v) is 10.1. The fourth-order valence-corrected chi connectivity index (χ4v) is 5.57. The van der Waals surface area contributed by atoms with Crippen molar-refractivity contribution < 1.29 is 9.53 Å². The van der Waals surface area contributed by atoms with Crippen molar-refractivity contribution in [3.63, 3.8) is 0 Å². The topological polar surface area (TPSA) is 41.6 Å². The van der Waals surface area contributed by atoms with Crippen molar-refractivity contribution in [3.05, 3.63) is 59.2 Å². The van der Waals surface area contributed by atoms with Crippen LogP contribution in [-0.4, -0.2) is 36.7 Å². The third-order valence-electron chi connectivity index (χ3n) is 7.39. The minimum absolute atomic E-state index is 0.0357. The van der Waals surface area contributed by atoms with Crippen LogP contribution in [-0.2, 0) is 11.2 Å². The highest BCUT2D eigenvalue weighted by Crippen LogP contribution is 2.46. The van der Waals surface area contributed by atoms with Gasteiger partial charge in [-0.1, -0.05) is 55.8 Å². The number of nitrogens with zero attached hydrogens (tertiary/aromatic N) is 1. The average molecular weight is 405 g/mol. The van der Waals surface area contributed by atoms with Crippen LogP contribution in [0.1, 0.15) is 49.4 Å². The lowest BCUT2D eigenvalue weighted by molar-refractivity contribution is -0.0348. The van der Waals surface area contributed by atoms with Gasteiger partial charge in [-0.05, 0) is 78.9 Å². The van der Waals surface area contributed by atoms with E-state index in [1.165, 1.54) is 27.8 Å². The Hall–Kier alpha value is -2.33. The predicted molar refractivity (Wildman–Crippen MR) is 119 cm³/mol. The molecule has 4 heteroatoms. The summed E-state index contributed by atoms with van der Waals surface area (Å²) in [5, 5.41) is 3.24. The Balaban J connectivity index is 1.35. The van der Waals surface area contributed by atoms with Crippen LogP contribution in [0.15, 0.2) is 42.5 Å². The molecule has 0 radical (unpaired) electrons. The van der Waals surface area contributed by atoms with Gasteiger partial charge in [0.15, 0.2) is 0 Å². The first kappa shape index (κ1) is 19.6. The van der Waals surface area contributed by atoms with E-state index in [4.69, 9.17) is 4.74 Å². The Morgan fingerprint density at radius 3 is 2.43 bits per heavy atom. The summed E-state index contributed by atoms with van der Waals surface area (Å²) >= 11 is 0. The molecule has 3 aliphatic heterocycles. The summed E-state index contributed by atoms with van der Waals surface area (Å²) in [6, 6.07) is 15.3. The fourth-order valence-electron chi connectivity index (χ4n) is 5.57. The number of piperidine rings is 3. The van der Waals surface area contributed by atoms with Crippen LogP contribution in [0.5, 0.6) is 0 Å². The van der Waals surface area contributed by atoms with Crippen LogP contribution in [0.3, 0.4) is 0 Å². The number of rotatable bonds is 3. The van der Waals surface area contributed by atoms with Gasteiger partial charge in [0, 0.05) is 6.54 Å². The molecule has 4 aliphatic rings. The second kappa shape index (κ2) is 7.42. The van der Waals surface area contributed by atoms with Gasteiger partial charge in [0.25, 0.3) is 0 Å². The van der Waals surface area contributed by atoms with Crippen LogP contribution < -0.4 is 5.32 Å². The minimum atomic E-state index is -0.264. The zero-order valence-corrected chi connectivity index (χ0v) is 18.3. The molecule has 158 valence electrons. The third-order valence-corrected chi connectivity index (χ3v) is 7.39. The van der Waals surface area contributed by atoms with Crippen molar-refractivity contribution in [3.8, 4) is 11.1 Å². The van der Waals surface area contributed by atoms with E-state index in [0.29, 0.717) is 5.92 Å². The van der Waals surface area contributed by atoms with Gasteiger partial charge in [-0.3, -0.25) is 4.90 Å². The molecule has 6 rings (SSSR count). The quantitative estimate of drug-likeness (QED) is 0.773. The van der Waals surface area contributed by atoms with Crippen molar-refractivity contribution in [2.45, 2.75) is 52.2 Å². The van der Waals surface area contributed by atoms with E-state index in [-0.39, 0.29) is 23.7 Å². The first-order chi connectivity index (χ1) is 14.4. The molecule has 1 N–H and O–H groups in total. The largest absolute Gasteiger partial charge is 0.445 e. The lowest BCUT2D eigenvalue weighted by Crippen LogP contribution is -2.53. The van der Waals surface area contributed by atoms with E-state index in [1.54, 1.807) is 0 Å². The second-order valence-electron chi connectivity index (χ2n) is 10.1. The van der Waals surface area contributed by atoms with Gasteiger partial charge in [0.2, 0.25) is 0 Å². The zero-order valence-electron chi connectivity index (χ0n) is 18.3. The number of amides is 1. The molecule has 3 heterocycles. The molecule has 30 heavy (non-hydrogen) atoms. The van der Waals surface area contributed by atoms with Crippen molar-refractivity contribution in [2.75, 3.05) is 19.6 Å². The molecule has 2 aromatic rings. The van der Waals surface area contributed by atoms with Crippen molar-refractivity contribution >= 4 is 6.09 Å². The number of carbonyl (C=O) groups is 1. The Labute approximate surface area is 179 Å². The fraction of sp³-hybridized carbons (Fsp3) is 0.500. The number of fused-ring (bicyclic) bond motifs is 4. The van der Waals surface area contributed by atoms with Gasteiger partial charge < -0.3 is 10.1 Å². The van der Waals surface area contributed by atoms with Gasteiger partial charge in [0.05, 0.1) is 6.04 Å². The summed E-state index contributed by atoms with van der Waals surface area (Å²) in [5.41, 5.74) is 6.18. The highest BCUT2D eigenvalue weighted by molar-refractivity contribution is 5.70. The lowest BCUT2D eigenvalue weighted by Gasteiger charge is -2.44. The van der Waals surface area contributed by atoms with Gasteiger partial charge >= 0.3 is 6.09 Å². The molecule has 4 nitrogen and oxygen atoms in total. The molecule has 0 saturated carbocycles.